The van der Waals surface area contributed by atoms with Crippen LogP contribution in [0.25, 0.3) is 22.4 Å². The Morgan fingerprint density at radius 2 is 2.10 bits per heavy atom. The molecule has 0 saturated carbocycles. The van der Waals surface area contributed by atoms with Crippen molar-refractivity contribution in [3.05, 3.63) is 64.8 Å². The molecule has 0 spiro atoms. The lowest BCUT2D eigenvalue weighted by atomic mass is 10.1. The molecule has 0 bridgehead atoms. The van der Waals surface area contributed by atoms with E-state index >= 15 is 0 Å². The van der Waals surface area contributed by atoms with Crippen LogP contribution < -0.4 is 10.4 Å². The first-order valence-corrected chi connectivity index (χ1v) is 10.1. The molecule has 1 unspecified atom stereocenters. The van der Waals surface area contributed by atoms with E-state index in [0.717, 1.165) is 16.8 Å². The van der Waals surface area contributed by atoms with Crippen molar-refractivity contribution >= 4 is 17.1 Å². The van der Waals surface area contributed by atoms with E-state index in [4.69, 9.17) is 4.74 Å². The van der Waals surface area contributed by atoms with Gasteiger partial charge in [0.2, 0.25) is 0 Å². The topological polar surface area (TPSA) is 98.0 Å². The van der Waals surface area contributed by atoms with Gasteiger partial charge in [-0.05, 0) is 36.8 Å². The Labute approximate surface area is 177 Å². The number of carbonyl (C=O) groups is 1. The van der Waals surface area contributed by atoms with Gasteiger partial charge in [-0.3, -0.25) is 19.0 Å². The van der Waals surface area contributed by atoms with Crippen LogP contribution in [0.5, 0.6) is 5.75 Å². The fraction of sp³-hybridized carbons (Fsp3) is 0.273. The number of aromatic nitrogens is 5. The van der Waals surface area contributed by atoms with Crippen LogP contribution in [0.1, 0.15) is 23.0 Å². The van der Waals surface area contributed by atoms with Crippen LogP contribution in [0.2, 0.25) is 0 Å². The van der Waals surface area contributed by atoms with Crippen molar-refractivity contribution in [3.63, 3.8) is 0 Å². The summed E-state index contributed by atoms with van der Waals surface area (Å²) in [6.07, 6.45) is 2.37. The summed E-state index contributed by atoms with van der Waals surface area (Å²) in [5, 5.41) is 7.14. The van der Waals surface area contributed by atoms with Gasteiger partial charge in [-0.1, -0.05) is 12.1 Å². The normalized spacial score (nSPS) is 16.2. The lowest BCUT2D eigenvalue weighted by molar-refractivity contribution is 0.0782. The van der Waals surface area contributed by atoms with Gasteiger partial charge < -0.3 is 9.64 Å². The third-order valence-corrected chi connectivity index (χ3v) is 5.84. The van der Waals surface area contributed by atoms with Crippen LogP contribution in [-0.4, -0.2) is 55.3 Å². The number of amides is 1. The number of hydrogen-bond donors (Lipinski definition) is 1. The third-order valence-electron chi connectivity index (χ3n) is 5.84. The van der Waals surface area contributed by atoms with E-state index < -0.39 is 0 Å². The lowest BCUT2D eigenvalue weighted by Gasteiger charge is -2.16. The summed E-state index contributed by atoms with van der Waals surface area (Å²) in [5.74, 6) is 0.593. The number of methoxy groups -OCH3 is 1. The van der Waals surface area contributed by atoms with Crippen molar-refractivity contribution in [3.8, 4) is 17.0 Å². The van der Waals surface area contributed by atoms with Crippen molar-refractivity contribution in [2.45, 2.75) is 12.5 Å². The number of nitrogens with one attached hydrogen (secondary N) is 1. The maximum Gasteiger partial charge on any atom is 0.330 e. The molecule has 1 saturated heterocycles. The molecule has 158 valence electrons. The monoisotopic (exact) mass is 418 g/mol. The molecule has 31 heavy (non-hydrogen) atoms. The van der Waals surface area contributed by atoms with Gasteiger partial charge in [0.05, 0.1) is 24.4 Å². The molecule has 1 aliphatic heterocycles. The predicted molar refractivity (Wildman–Crippen MR) is 115 cm³/mol. The van der Waals surface area contributed by atoms with Crippen molar-refractivity contribution in [1.29, 1.82) is 0 Å². The van der Waals surface area contributed by atoms with E-state index in [9.17, 15) is 9.59 Å². The zero-order chi connectivity index (χ0) is 21.5. The van der Waals surface area contributed by atoms with Crippen LogP contribution in [0.4, 0.5) is 0 Å². The minimum atomic E-state index is -0.134. The molecule has 1 N–H and O–H groups in total. The molecular weight excluding hydrogens is 396 g/mol. The summed E-state index contributed by atoms with van der Waals surface area (Å²) in [5.41, 5.74) is 3.27. The van der Waals surface area contributed by atoms with Crippen molar-refractivity contribution in [1.82, 2.24) is 29.2 Å². The number of likely N-dealkylation sites (tertiary alicyclic amines) is 1. The first kappa shape index (κ1) is 19.1. The van der Waals surface area contributed by atoms with Crippen LogP contribution in [-0.2, 0) is 7.05 Å². The number of hydrogen-bond acceptors (Lipinski definition) is 5. The van der Waals surface area contributed by atoms with Gasteiger partial charge in [0.1, 0.15) is 11.4 Å². The first-order valence-electron chi connectivity index (χ1n) is 10.1. The Bertz CT molecular complexity index is 1330. The number of aryl methyl sites for hydroxylation is 1. The van der Waals surface area contributed by atoms with Gasteiger partial charge in [-0.15, -0.1) is 0 Å². The molecule has 0 radical (unpaired) electrons. The van der Waals surface area contributed by atoms with Crippen LogP contribution in [0, 0.1) is 0 Å². The molecule has 1 aliphatic rings. The second-order valence-corrected chi connectivity index (χ2v) is 7.65. The van der Waals surface area contributed by atoms with Gasteiger partial charge in [0.25, 0.3) is 5.91 Å². The number of rotatable bonds is 4. The maximum absolute atomic E-state index is 13.1. The van der Waals surface area contributed by atoms with Crippen molar-refractivity contribution in [2.75, 3.05) is 20.2 Å². The molecule has 5 rings (SSSR count). The molecule has 9 nitrogen and oxygen atoms in total. The summed E-state index contributed by atoms with van der Waals surface area (Å²) in [6.45, 7) is 1.01. The highest BCUT2D eigenvalue weighted by atomic mass is 16.5. The second kappa shape index (κ2) is 7.42. The zero-order valence-corrected chi connectivity index (χ0v) is 17.3. The van der Waals surface area contributed by atoms with E-state index in [0.29, 0.717) is 36.5 Å². The first-order chi connectivity index (χ1) is 15.1. The van der Waals surface area contributed by atoms with Crippen LogP contribution in [0.15, 0.2) is 53.5 Å². The summed E-state index contributed by atoms with van der Waals surface area (Å²) < 4.78 is 8.56. The molecule has 0 aliphatic carbocycles. The van der Waals surface area contributed by atoms with Crippen molar-refractivity contribution in [2.24, 2.45) is 7.05 Å². The fourth-order valence-electron chi connectivity index (χ4n) is 4.19. The van der Waals surface area contributed by atoms with Gasteiger partial charge in [0.15, 0.2) is 5.65 Å². The van der Waals surface area contributed by atoms with Crippen LogP contribution in [0.3, 0.4) is 0 Å². The fourth-order valence-corrected chi connectivity index (χ4v) is 4.19. The van der Waals surface area contributed by atoms with Crippen molar-refractivity contribution < 1.29 is 9.53 Å². The molecular formula is C22H22N6O3. The number of imidazole rings is 1. The number of nitrogens with zero attached hydrogens (tertiary/aromatic N) is 5. The molecule has 1 fully saturated rings. The second-order valence-electron chi connectivity index (χ2n) is 7.65. The highest BCUT2D eigenvalue weighted by Gasteiger charge is 2.31. The Morgan fingerprint density at radius 3 is 2.94 bits per heavy atom. The molecule has 4 heterocycles. The van der Waals surface area contributed by atoms with Gasteiger partial charge in [0, 0.05) is 31.9 Å². The smallest absolute Gasteiger partial charge is 0.330 e. The zero-order valence-electron chi connectivity index (χ0n) is 17.3. The average Bonchev–Trinajstić information content (AvgIpc) is 3.53. The van der Waals surface area contributed by atoms with E-state index in [1.807, 2.05) is 36.4 Å². The molecule has 3 aromatic heterocycles. The number of benzene rings is 1. The van der Waals surface area contributed by atoms with Gasteiger partial charge >= 0.3 is 5.69 Å². The molecule has 1 atom stereocenters. The highest BCUT2D eigenvalue weighted by molar-refractivity contribution is 5.93. The van der Waals surface area contributed by atoms with Gasteiger partial charge in [-0.2, -0.15) is 5.10 Å². The number of aromatic amines is 1. The predicted octanol–water partition coefficient (Wildman–Crippen LogP) is 2.22. The van der Waals surface area contributed by atoms with Gasteiger partial charge in [-0.25, -0.2) is 9.78 Å². The summed E-state index contributed by atoms with van der Waals surface area (Å²) >= 11 is 0. The Hall–Kier alpha value is -3.88. The standard InChI is InChI=1S/C22H22N6O3/c1-26-19-7-4-9-23-20(19)28(22(26)30)15-8-10-27(13-15)21(29)18-12-17(24-25-18)14-5-3-6-16(11-14)31-2/h3-7,9,11-12,15H,8,10,13H2,1-2H3,(H,24,25). The number of fused-ring (bicyclic) bond motifs is 1. The summed E-state index contributed by atoms with van der Waals surface area (Å²) in [4.78, 5) is 32.0. The minimum Gasteiger partial charge on any atom is -0.497 e. The Morgan fingerprint density at radius 1 is 1.23 bits per heavy atom. The Kier molecular flexibility index (Phi) is 4.58. The summed E-state index contributed by atoms with van der Waals surface area (Å²) in [6, 6.07) is 12.8. The average molecular weight is 418 g/mol. The third kappa shape index (κ3) is 3.18. The van der Waals surface area contributed by atoms with E-state index in [1.165, 1.54) is 0 Å². The van der Waals surface area contributed by atoms with E-state index in [1.54, 1.807) is 40.5 Å². The minimum absolute atomic E-state index is 0.115. The van der Waals surface area contributed by atoms with Crippen LogP contribution >= 0.6 is 0 Å². The highest BCUT2D eigenvalue weighted by Crippen LogP contribution is 2.26. The quantitative estimate of drug-likeness (QED) is 0.548. The molecule has 1 aromatic carbocycles. The molecule has 1 amide bonds. The molecule has 4 aromatic rings. The largest absolute Gasteiger partial charge is 0.497 e. The number of pyridine rings is 1. The molecule has 9 heteroatoms. The number of carbonyl (C=O) groups excluding carboxylic acids is 1. The number of ether oxygens (including phenoxy) is 1. The maximum atomic E-state index is 13.1. The number of H-pyrrole nitrogens is 1. The summed E-state index contributed by atoms with van der Waals surface area (Å²) in [7, 11) is 3.35. The van der Waals surface area contributed by atoms with E-state index in [2.05, 4.69) is 15.2 Å². The van der Waals surface area contributed by atoms with E-state index in [-0.39, 0.29) is 17.6 Å². The lowest BCUT2D eigenvalue weighted by Crippen LogP contribution is -2.32. The Balaban J connectivity index is 1.38. The SMILES string of the molecule is COc1cccc(-c2cc(C(=O)N3CCC(n4c(=O)n(C)c5cccnc54)C3)[nH]n2)c1.